The largest absolute Gasteiger partial charge is 0.457 e. The molecule has 6 nitrogen and oxygen atoms in total. The number of hydrogen-bond acceptors (Lipinski definition) is 5. The van der Waals surface area contributed by atoms with E-state index in [2.05, 4.69) is 0 Å². The first-order valence-corrected chi connectivity index (χ1v) is 10.8. The predicted molar refractivity (Wildman–Crippen MR) is 115 cm³/mol. The summed E-state index contributed by atoms with van der Waals surface area (Å²) in [5, 5.41) is 0. The zero-order valence-electron chi connectivity index (χ0n) is 16.8. The van der Waals surface area contributed by atoms with Crippen LogP contribution in [0.1, 0.15) is 38.8 Å². The molecule has 0 radical (unpaired) electrons. The first-order chi connectivity index (χ1) is 14.0. The van der Waals surface area contributed by atoms with Crippen LogP contribution >= 0.6 is 0 Å². The summed E-state index contributed by atoms with van der Waals surface area (Å²) in [5.41, 5.74) is 2.89. The van der Waals surface area contributed by atoms with E-state index in [-0.39, 0.29) is 11.6 Å². The van der Waals surface area contributed by atoms with Gasteiger partial charge in [-0.2, -0.15) is 8.42 Å². The van der Waals surface area contributed by atoms with Crippen molar-refractivity contribution in [1.29, 1.82) is 0 Å². The normalized spacial score (nSPS) is 10.5. The molecule has 0 fully saturated rings. The van der Waals surface area contributed by atoms with Gasteiger partial charge in [-0.15, -0.1) is 0 Å². The number of ketones is 2. The Hall–Kier alpha value is -3.29. The maximum atomic E-state index is 12.5. The Morgan fingerprint density at radius 2 is 1.07 bits per heavy atom. The molecule has 0 aliphatic rings. The Morgan fingerprint density at radius 1 is 0.733 bits per heavy atom. The summed E-state index contributed by atoms with van der Waals surface area (Å²) in [6, 6.07) is 21.5. The van der Waals surface area contributed by atoms with Crippen molar-refractivity contribution in [2.75, 3.05) is 6.26 Å². The van der Waals surface area contributed by atoms with Gasteiger partial charge in [0.2, 0.25) is 0 Å². The maximum absolute atomic E-state index is 12.5. The van der Waals surface area contributed by atoms with Crippen LogP contribution in [0.2, 0.25) is 0 Å². The standard InChI is InChI=1S/C22H18O3.CH4O3S/c1-15-3-11-20(12-4-15)25-21-13-9-19(10-14-21)22(24)18-7-5-17(6-8-18)16(2)23;1-5(2,3)4/h3-14H,1-2H3;1H3,(H,2,3,4). The lowest BCUT2D eigenvalue weighted by atomic mass is 10.0. The van der Waals surface area contributed by atoms with E-state index in [1.165, 1.54) is 12.5 Å². The third-order valence-corrected chi connectivity index (χ3v) is 3.93. The Morgan fingerprint density at radius 3 is 1.47 bits per heavy atom. The maximum Gasteiger partial charge on any atom is 0.261 e. The van der Waals surface area contributed by atoms with Crippen molar-refractivity contribution in [2.24, 2.45) is 0 Å². The summed E-state index contributed by atoms with van der Waals surface area (Å²) in [4.78, 5) is 23.8. The molecule has 0 amide bonds. The molecule has 0 bridgehead atoms. The highest BCUT2D eigenvalue weighted by atomic mass is 32.2. The number of rotatable bonds is 5. The van der Waals surface area contributed by atoms with Gasteiger partial charge in [0.1, 0.15) is 11.5 Å². The smallest absolute Gasteiger partial charge is 0.261 e. The van der Waals surface area contributed by atoms with E-state index < -0.39 is 10.1 Å². The second-order valence-corrected chi connectivity index (χ2v) is 8.10. The van der Waals surface area contributed by atoms with Gasteiger partial charge in [0.15, 0.2) is 11.6 Å². The summed E-state index contributed by atoms with van der Waals surface area (Å²) in [6.07, 6.45) is 0.715. The molecule has 0 saturated heterocycles. The van der Waals surface area contributed by atoms with Crippen molar-refractivity contribution < 1.29 is 27.3 Å². The molecule has 0 unspecified atom stereocenters. The molecule has 0 atom stereocenters. The molecule has 30 heavy (non-hydrogen) atoms. The Bertz CT molecular complexity index is 1110. The Labute approximate surface area is 175 Å². The topological polar surface area (TPSA) is 97.7 Å². The predicted octanol–water partition coefficient (Wildman–Crippen LogP) is 4.72. The van der Waals surface area contributed by atoms with Crippen molar-refractivity contribution in [3.63, 3.8) is 0 Å². The van der Waals surface area contributed by atoms with Crippen LogP contribution in [0.5, 0.6) is 11.5 Å². The molecule has 0 saturated carbocycles. The quantitative estimate of drug-likeness (QED) is 0.468. The second-order valence-electron chi connectivity index (χ2n) is 6.64. The molecule has 3 rings (SSSR count). The van der Waals surface area contributed by atoms with Gasteiger partial charge in [-0.05, 0) is 50.2 Å². The molecule has 0 aliphatic carbocycles. The average Bonchev–Trinajstić information content (AvgIpc) is 2.68. The zero-order chi connectivity index (χ0) is 22.3. The highest BCUT2D eigenvalue weighted by molar-refractivity contribution is 7.85. The zero-order valence-corrected chi connectivity index (χ0v) is 17.6. The van der Waals surface area contributed by atoms with Gasteiger partial charge in [-0.1, -0.05) is 42.0 Å². The first kappa shape index (κ1) is 23.0. The van der Waals surface area contributed by atoms with E-state index in [1.54, 1.807) is 48.5 Å². The molecule has 7 heteroatoms. The lowest BCUT2D eigenvalue weighted by Crippen LogP contribution is -2.02. The number of carbonyl (C=O) groups excluding carboxylic acids is 2. The first-order valence-electron chi connectivity index (χ1n) is 8.95. The van der Waals surface area contributed by atoms with Gasteiger partial charge in [0.25, 0.3) is 10.1 Å². The highest BCUT2D eigenvalue weighted by Gasteiger charge is 2.10. The molecular formula is C23H22O6S. The highest BCUT2D eigenvalue weighted by Crippen LogP contribution is 2.23. The number of benzene rings is 3. The second kappa shape index (κ2) is 9.96. The van der Waals surface area contributed by atoms with E-state index in [0.29, 0.717) is 28.7 Å². The molecule has 156 valence electrons. The molecule has 0 aliphatic heterocycles. The summed E-state index contributed by atoms with van der Waals surface area (Å²) in [7, 11) is -3.67. The number of hydrogen-bond donors (Lipinski definition) is 1. The molecule has 0 spiro atoms. The summed E-state index contributed by atoms with van der Waals surface area (Å²) >= 11 is 0. The SMILES string of the molecule is CC(=O)c1ccc(C(=O)c2ccc(Oc3ccc(C)cc3)cc2)cc1.CS(=O)(=O)O. The molecule has 3 aromatic carbocycles. The number of aryl methyl sites for hydroxylation is 1. The van der Waals surface area contributed by atoms with Crippen molar-refractivity contribution >= 4 is 21.7 Å². The summed E-state index contributed by atoms with van der Waals surface area (Å²) in [6.45, 7) is 3.52. The van der Waals surface area contributed by atoms with Crippen molar-refractivity contribution in [3.05, 3.63) is 95.1 Å². The van der Waals surface area contributed by atoms with Gasteiger partial charge in [0, 0.05) is 16.7 Å². The van der Waals surface area contributed by atoms with Gasteiger partial charge in [-0.25, -0.2) is 0 Å². The lowest BCUT2D eigenvalue weighted by Gasteiger charge is -2.07. The number of carbonyl (C=O) groups is 2. The molecular weight excluding hydrogens is 404 g/mol. The van der Waals surface area contributed by atoms with Crippen LogP contribution in [-0.4, -0.2) is 30.8 Å². The van der Waals surface area contributed by atoms with Crippen LogP contribution in [0, 0.1) is 6.92 Å². The van der Waals surface area contributed by atoms with Crippen LogP contribution < -0.4 is 4.74 Å². The van der Waals surface area contributed by atoms with Gasteiger partial charge in [0.05, 0.1) is 6.26 Å². The van der Waals surface area contributed by atoms with E-state index in [9.17, 15) is 18.0 Å². The minimum atomic E-state index is -3.67. The van der Waals surface area contributed by atoms with Crippen molar-refractivity contribution in [2.45, 2.75) is 13.8 Å². The minimum Gasteiger partial charge on any atom is -0.457 e. The Balaban J connectivity index is 0.000000575. The van der Waals surface area contributed by atoms with E-state index in [4.69, 9.17) is 9.29 Å². The van der Waals surface area contributed by atoms with Crippen molar-refractivity contribution in [3.8, 4) is 11.5 Å². The van der Waals surface area contributed by atoms with Crippen molar-refractivity contribution in [1.82, 2.24) is 0 Å². The van der Waals surface area contributed by atoms with E-state index in [0.717, 1.165) is 5.75 Å². The third-order valence-electron chi connectivity index (χ3n) is 3.93. The van der Waals surface area contributed by atoms with Crippen LogP contribution in [0.3, 0.4) is 0 Å². The van der Waals surface area contributed by atoms with Crippen LogP contribution in [0.4, 0.5) is 0 Å². The fraction of sp³-hybridized carbons (Fsp3) is 0.130. The lowest BCUT2D eigenvalue weighted by molar-refractivity contribution is 0.101. The van der Waals surface area contributed by atoms with E-state index >= 15 is 0 Å². The molecule has 0 heterocycles. The van der Waals surface area contributed by atoms with Gasteiger partial charge >= 0.3 is 0 Å². The molecule has 1 N–H and O–H groups in total. The summed E-state index contributed by atoms with van der Waals surface area (Å²) in [5.74, 6) is 1.32. The summed E-state index contributed by atoms with van der Waals surface area (Å²) < 4.78 is 31.6. The van der Waals surface area contributed by atoms with Crippen LogP contribution in [-0.2, 0) is 10.1 Å². The number of Topliss-reactive ketones (excluding diaryl/α,β-unsaturated/α-hetero) is 1. The molecule has 3 aromatic rings. The van der Waals surface area contributed by atoms with Gasteiger partial charge < -0.3 is 4.74 Å². The monoisotopic (exact) mass is 426 g/mol. The fourth-order valence-corrected chi connectivity index (χ4v) is 2.44. The average molecular weight is 426 g/mol. The third kappa shape index (κ3) is 7.62. The minimum absolute atomic E-state index is 0.0170. The van der Waals surface area contributed by atoms with Crippen LogP contribution in [0.25, 0.3) is 0 Å². The fourth-order valence-electron chi connectivity index (χ4n) is 2.44. The van der Waals surface area contributed by atoms with E-state index in [1.807, 2.05) is 31.2 Å². The van der Waals surface area contributed by atoms with Gasteiger partial charge in [-0.3, -0.25) is 14.1 Å². The number of ether oxygens (including phenoxy) is 1. The van der Waals surface area contributed by atoms with Crippen LogP contribution in [0.15, 0.2) is 72.8 Å². The Kier molecular flexibility index (Phi) is 7.63. The molecule has 0 aromatic heterocycles.